The number of piperidine rings is 1. The Balaban J connectivity index is 1.69. The third-order valence-electron chi connectivity index (χ3n) is 4.01. The predicted octanol–water partition coefficient (Wildman–Crippen LogP) is 2.29. The van der Waals surface area contributed by atoms with Crippen molar-refractivity contribution in [2.24, 2.45) is 0 Å². The molecule has 2 heterocycles. The van der Waals surface area contributed by atoms with E-state index in [9.17, 15) is 19.7 Å². The zero-order valence-electron chi connectivity index (χ0n) is 11.2. The second-order valence-corrected chi connectivity index (χ2v) is 5.36. The van der Waals surface area contributed by atoms with Crippen LogP contribution in [0, 0.1) is 10.1 Å². The Morgan fingerprint density at radius 2 is 1.76 bits per heavy atom. The molecule has 0 spiro atoms. The first-order valence-corrected chi connectivity index (χ1v) is 6.81. The number of benzene rings is 1. The second-order valence-electron chi connectivity index (χ2n) is 5.36. The predicted molar refractivity (Wildman–Crippen MR) is 72.0 cm³/mol. The van der Waals surface area contributed by atoms with Gasteiger partial charge in [-0.3, -0.25) is 14.9 Å². The van der Waals surface area contributed by atoms with Gasteiger partial charge < -0.3 is 9.64 Å². The summed E-state index contributed by atoms with van der Waals surface area (Å²) in [6.07, 6.45) is 1.96. The monoisotopic (exact) mass is 290 g/mol. The van der Waals surface area contributed by atoms with E-state index in [2.05, 4.69) is 0 Å². The van der Waals surface area contributed by atoms with Crippen LogP contribution in [0.2, 0.25) is 0 Å². The van der Waals surface area contributed by atoms with Gasteiger partial charge in [-0.25, -0.2) is 4.79 Å². The summed E-state index contributed by atoms with van der Waals surface area (Å²) < 4.78 is 5.26. The molecule has 0 aromatic heterocycles. The van der Waals surface area contributed by atoms with Crippen LogP contribution >= 0.6 is 0 Å². The zero-order valence-corrected chi connectivity index (χ0v) is 11.2. The summed E-state index contributed by atoms with van der Waals surface area (Å²) in [4.78, 5) is 35.4. The number of carbonyl (C=O) groups excluding carboxylic acids is 2. The van der Waals surface area contributed by atoms with Gasteiger partial charge in [-0.1, -0.05) is 0 Å². The molecular weight excluding hydrogens is 276 g/mol. The summed E-state index contributed by atoms with van der Waals surface area (Å²) in [5.41, 5.74) is -0.0570. The van der Waals surface area contributed by atoms with E-state index < -0.39 is 11.0 Å². The van der Waals surface area contributed by atoms with Crippen molar-refractivity contribution in [3.05, 3.63) is 34.4 Å². The smallest absolute Gasteiger partial charge is 0.410 e. The van der Waals surface area contributed by atoms with Crippen LogP contribution in [0.25, 0.3) is 0 Å². The highest BCUT2D eigenvalue weighted by atomic mass is 16.6. The van der Waals surface area contributed by atoms with Crippen LogP contribution in [-0.2, 0) is 4.79 Å². The van der Waals surface area contributed by atoms with Crippen molar-refractivity contribution in [2.45, 2.75) is 37.8 Å². The lowest BCUT2D eigenvalue weighted by Crippen LogP contribution is -2.48. The maximum Gasteiger partial charge on any atom is 0.415 e. The van der Waals surface area contributed by atoms with Crippen LogP contribution < -0.4 is 4.74 Å². The number of hydrogen-bond donors (Lipinski definition) is 0. The van der Waals surface area contributed by atoms with Crippen molar-refractivity contribution in [1.82, 2.24) is 4.90 Å². The van der Waals surface area contributed by atoms with Gasteiger partial charge in [-0.2, -0.15) is 0 Å². The lowest BCUT2D eigenvalue weighted by molar-refractivity contribution is -0.384. The summed E-state index contributed by atoms with van der Waals surface area (Å²) in [6.45, 7) is 0. The molecule has 1 aromatic carbocycles. The first kappa shape index (κ1) is 13.5. The molecule has 2 unspecified atom stereocenters. The van der Waals surface area contributed by atoms with E-state index in [4.69, 9.17) is 4.74 Å². The Morgan fingerprint density at radius 1 is 1.19 bits per heavy atom. The quantitative estimate of drug-likeness (QED) is 0.615. The number of hydrogen-bond acceptors (Lipinski definition) is 5. The van der Waals surface area contributed by atoms with Crippen molar-refractivity contribution >= 4 is 17.6 Å². The fourth-order valence-electron chi connectivity index (χ4n) is 3.06. The minimum atomic E-state index is -0.512. The summed E-state index contributed by atoms with van der Waals surface area (Å²) in [5, 5.41) is 10.6. The number of amides is 1. The topological polar surface area (TPSA) is 89.8 Å². The maximum atomic E-state index is 12.2. The number of nitrogens with zero attached hydrogens (tertiary/aromatic N) is 2. The molecule has 2 fully saturated rings. The van der Waals surface area contributed by atoms with Crippen LogP contribution in [0.4, 0.5) is 10.5 Å². The number of ketones is 1. The number of fused-ring (bicyclic) bond motifs is 2. The molecule has 3 rings (SSSR count). The molecule has 2 bridgehead atoms. The van der Waals surface area contributed by atoms with Crippen LogP contribution in [0.5, 0.6) is 5.75 Å². The lowest BCUT2D eigenvalue weighted by Gasteiger charge is -2.32. The average molecular weight is 290 g/mol. The number of ether oxygens (including phenoxy) is 1. The largest absolute Gasteiger partial charge is 0.415 e. The van der Waals surface area contributed by atoms with E-state index in [1.165, 1.54) is 24.3 Å². The highest BCUT2D eigenvalue weighted by Gasteiger charge is 2.43. The van der Waals surface area contributed by atoms with Gasteiger partial charge in [0, 0.05) is 37.1 Å². The summed E-state index contributed by atoms with van der Waals surface area (Å²) in [6, 6.07) is 5.23. The third-order valence-corrected chi connectivity index (χ3v) is 4.01. The zero-order chi connectivity index (χ0) is 15.0. The van der Waals surface area contributed by atoms with Crippen LogP contribution in [0.3, 0.4) is 0 Å². The molecule has 2 aliphatic heterocycles. The Labute approximate surface area is 120 Å². The molecule has 0 aliphatic carbocycles. The molecule has 2 saturated heterocycles. The van der Waals surface area contributed by atoms with Gasteiger partial charge in [0.2, 0.25) is 0 Å². The first-order chi connectivity index (χ1) is 10.0. The highest BCUT2D eigenvalue weighted by molar-refractivity contribution is 5.84. The highest BCUT2D eigenvalue weighted by Crippen LogP contribution is 2.34. The van der Waals surface area contributed by atoms with Crippen LogP contribution in [-0.4, -0.2) is 33.8 Å². The normalized spacial score (nSPS) is 24.0. The lowest BCUT2D eigenvalue weighted by atomic mass is 10.0. The van der Waals surface area contributed by atoms with E-state index >= 15 is 0 Å². The molecular formula is C14H14N2O5. The Hall–Kier alpha value is -2.44. The van der Waals surface area contributed by atoms with E-state index in [-0.39, 0.29) is 29.3 Å². The van der Waals surface area contributed by atoms with Gasteiger partial charge in [-0.15, -0.1) is 0 Å². The number of nitro benzene ring substituents is 1. The van der Waals surface area contributed by atoms with Gasteiger partial charge in [0.25, 0.3) is 5.69 Å². The first-order valence-electron chi connectivity index (χ1n) is 6.81. The summed E-state index contributed by atoms with van der Waals surface area (Å²) in [5.74, 6) is 0.462. The van der Waals surface area contributed by atoms with Crippen LogP contribution in [0.15, 0.2) is 24.3 Å². The molecule has 7 nitrogen and oxygen atoms in total. The van der Waals surface area contributed by atoms with Crippen molar-refractivity contribution in [2.75, 3.05) is 0 Å². The number of carbonyl (C=O) groups is 2. The van der Waals surface area contributed by atoms with E-state index in [0.717, 1.165) is 12.8 Å². The maximum absolute atomic E-state index is 12.2. The molecule has 0 N–H and O–H groups in total. The van der Waals surface area contributed by atoms with Crippen molar-refractivity contribution in [3.8, 4) is 5.75 Å². The standard InChI is InChI=1S/C14H14N2O5/c17-12-7-10-1-2-11(8-12)15(10)14(18)21-13-5-3-9(4-6-13)16(19)20/h3-6,10-11H,1-2,7-8H2. The molecule has 2 aliphatic rings. The Kier molecular flexibility index (Phi) is 3.32. The minimum absolute atomic E-state index is 0.0570. The molecule has 1 amide bonds. The molecule has 0 saturated carbocycles. The number of rotatable bonds is 2. The molecule has 21 heavy (non-hydrogen) atoms. The van der Waals surface area contributed by atoms with Gasteiger partial charge in [0.15, 0.2) is 0 Å². The van der Waals surface area contributed by atoms with Gasteiger partial charge in [0.1, 0.15) is 11.5 Å². The Morgan fingerprint density at radius 3 is 2.29 bits per heavy atom. The molecule has 1 aromatic rings. The molecule has 2 atom stereocenters. The summed E-state index contributed by atoms with van der Waals surface area (Å²) >= 11 is 0. The minimum Gasteiger partial charge on any atom is -0.410 e. The fraction of sp³-hybridized carbons (Fsp3) is 0.429. The number of Topliss-reactive ketones (excluding diaryl/α,β-unsaturated/α-hetero) is 1. The number of non-ortho nitro benzene ring substituents is 1. The fourth-order valence-corrected chi connectivity index (χ4v) is 3.06. The molecule has 7 heteroatoms. The SMILES string of the molecule is O=C1CC2CCC(C1)N2C(=O)Oc1ccc([N+](=O)[O-])cc1. The van der Waals surface area contributed by atoms with Gasteiger partial charge in [0.05, 0.1) is 4.92 Å². The van der Waals surface area contributed by atoms with Crippen molar-refractivity contribution in [1.29, 1.82) is 0 Å². The number of nitro groups is 1. The molecule has 0 radical (unpaired) electrons. The van der Waals surface area contributed by atoms with Crippen molar-refractivity contribution < 1.29 is 19.2 Å². The third kappa shape index (κ3) is 2.58. The summed E-state index contributed by atoms with van der Waals surface area (Å²) in [7, 11) is 0. The average Bonchev–Trinajstić information content (AvgIpc) is 2.72. The second kappa shape index (κ2) is 5.16. The van der Waals surface area contributed by atoms with Crippen molar-refractivity contribution in [3.63, 3.8) is 0 Å². The molecule has 110 valence electrons. The van der Waals surface area contributed by atoms with E-state index in [1.54, 1.807) is 4.90 Å². The van der Waals surface area contributed by atoms with E-state index in [0.29, 0.717) is 12.8 Å². The Bertz CT molecular complexity index is 582. The van der Waals surface area contributed by atoms with Gasteiger partial charge >= 0.3 is 6.09 Å². The van der Waals surface area contributed by atoms with Gasteiger partial charge in [-0.05, 0) is 25.0 Å². The van der Waals surface area contributed by atoms with Crippen LogP contribution in [0.1, 0.15) is 25.7 Å². The van der Waals surface area contributed by atoms with E-state index in [1.807, 2.05) is 0 Å².